The molecule has 1 N–H and O–H groups in total. The Kier molecular flexibility index (Phi) is 6.89. The summed E-state index contributed by atoms with van der Waals surface area (Å²) in [4.78, 5) is 24.4. The summed E-state index contributed by atoms with van der Waals surface area (Å²) in [6.45, 7) is 1.04. The second kappa shape index (κ2) is 10.9. The Morgan fingerprint density at radius 3 is 2.28 bits per heavy atom. The molecule has 0 bridgehead atoms. The molecule has 2 amide bonds. The summed E-state index contributed by atoms with van der Waals surface area (Å²) < 4.78 is 14.2. The van der Waals surface area contributed by atoms with E-state index in [0.717, 1.165) is 56.6 Å². The molecule has 39 heavy (non-hydrogen) atoms. The average Bonchev–Trinajstić information content (AvgIpc) is 3.46. The topological polar surface area (TPSA) is 69.6 Å². The number of fused-ring (bicyclic) bond motifs is 1. The van der Waals surface area contributed by atoms with Gasteiger partial charge in [-0.1, -0.05) is 60.7 Å². The molecule has 1 fully saturated rings. The number of hydrogen-bond donors (Lipinski definition) is 1. The van der Waals surface area contributed by atoms with E-state index in [-0.39, 0.29) is 11.1 Å². The zero-order chi connectivity index (χ0) is 26.6. The molecule has 1 aliphatic rings. The maximum absolute atomic E-state index is 12.3. The molecular formula is C32H24N2O4S. The lowest BCUT2D eigenvalue weighted by Gasteiger charge is -2.10. The van der Waals surface area contributed by atoms with E-state index in [1.807, 2.05) is 103 Å². The SMILES string of the molecule is O=C1NC(=O)/C(=C\c2cn(Cc3cccc(Oc4ccccc4)c3)c3ccc(OCc4ccccc4)cc23)S1. The lowest BCUT2D eigenvalue weighted by Crippen LogP contribution is -2.17. The standard InChI is InChI=1S/C32H24N2O4S/c35-31-30(39-32(36)33-31)17-24-20-34(19-23-10-7-13-27(16-23)38-25-11-5-2-6-12-25)29-15-14-26(18-28(24)29)37-21-22-8-3-1-4-9-22/h1-18,20H,19,21H2,(H,33,35,36)/b30-17+. The Hall–Kier alpha value is -4.75. The molecule has 192 valence electrons. The van der Waals surface area contributed by atoms with Crippen molar-refractivity contribution in [1.29, 1.82) is 0 Å². The van der Waals surface area contributed by atoms with Crippen LogP contribution in [-0.4, -0.2) is 15.7 Å². The second-order valence-electron chi connectivity index (χ2n) is 9.08. The highest BCUT2D eigenvalue weighted by atomic mass is 32.2. The summed E-state index contributed by atoms with van der Waals surface area (Å²) in [5.74, 6) is 1.88. The molecule has 1 aromatic heterocycles. The van der Waals surface area contributed by atoms with Gasteiger partial charge >= 0.3 is 0 Å². The van der Waals surface area contributed by atoms with Gasteiger partial charge in [0.05, 0.1) is 4.91 Å². The van der Waals surface area contributed by atoms with Gasteiger partial charge in [-0.3, -0.25) is 14.9 Å². The molecule has 6 nitrogen and oxygen atoms in total. The molecule has 5 aromatic rings. The van der Waals surface area contributed by atoms with Crippen molar-refractivity contribution in [2.24, 2.45) is 0 Å². The highest BCUT2D eigenvalue weighted by Gasteiger charge is 2.25. The Bertz CT molecular complexity index is 1690. The molecule has 0 radical (unpaired) electrons. The number of amides is 2. The summed E-state index contributed by atoms with van der Waals surface area (Å²) in [6, 6.07) is 33.6. The van der Waals surface area contributed by atoms with Crippen LogP contribution in [0.1, 0.15) is 16.7 Å². The maximum atomic E-state index is 12.3. The summed E-state index contributed by atoms with van der Waals surface area (Å²) in [5.41, 5.74) is 3.96. The van der Waals surface area contributed by atoms with Gasteiger partial charge in [0, 0.05) is 29.2 Å². The number of imide groups is 1. The molecular weight excluding hydrogens is 508 g/mol. The van der Waals surface area contributed by atoms with Crippen molar-refractivity contribution < 1.29 is 19.1 Å². The first-order valence-corrected chi connectivity index (χ1v) is 13.3. The lowest BCUT2D eigenvalue weighted by atomic mass is 10.1. The smallest absolute Gasteiger partial charge is 0.290 e. The van der Waals surface area contributed by atoms with E-state index in [0.29, 0.717) is 18.1 Å². The van der Waals surface area contributed by atoms with Crippen molar-refractivity contribution in [2.45, 2.75) is 13.2 Å². The van der Waals surface area contributed by atoms with Crippen molar-refractivity contribution in [2.75, 3.05) is 0 Å². The number of carbonyl (C=O) groups is 2. The molecule has 0 saturated carbocycles. The van der Waals surface area contributed by atoms with Crippen LogP contribution in [0.4, 0.5) is 4.79 Å². The fourth-order valence-corrected chi connectivity index (χ4v) is 5.14. The Balaban J connectivity index is 1.32. The van der Waals surface area contributed by atoms with Crippen molar-refractivity contribution in [3.63, 3.8) is 0 Å². The fourth-order valence-electron chi connectivity index (χ4n) is 4.47. The van der Waals surface area contributed by atoms with Gasteiger partial charge in [0.15, 0.2) is 0 Å². The van der Waals surface area contributed by atoms with Gasteiger partial charge in [-0.05, 0) is 71.4 Å². The molecule has 0 spiro atoms. The Morgan fingerprint density at radius 2 is 1.51 bits per heavy atom. The van der Waals surface area contributed by atoms with Crippen molar-refractivity contribution >= 4 is 39.9 Å². The van der Waals surface area contributed by atoms with Gasteiger partial charge in [0.25, 0.3) is 11.1 Å². The average molecular weight is 533 g/mol. The molecule has 0 atom stereocenters. The number of ether oxygens (including phenoxy) is 2. The zero-order valence-corrected chi connectivity index (χ0v) is 21.7. The number of nitrogens with zero attached hydrogens (tertiary/aromatic N) is 1. The number of aromatic nitrogens is 1. The van der Waals surface area contributed by atoms with E-state index in [9.17, 15) is 9.59 Å². The molecule has 2 heterocycles. The largest absolute Gasteiger partial charge is 0.489 e. The van der Waals surface area contributed by atoms with Gasteiger partial charge in [0.1, 0.15) is 23.9 Å². The van der Waals surface area contributed by atoms with Gasteiger partial charge in [0.2, 0.25) is 0 Å². The quantitative estimate of drug-likeness (QED) is 0.211. The molecule has 1 aliphatic heterocycles. The minimum atomic E-state index is -0.381. The third-order valence-corrected chi connectivity index (χ3v) is 7.10. The van der Waals surface area contributed by atoms with Crippen LogP contribution in [0.5, 0.6) is 17.2 Å². The minimum Gasteiger partial charge on any atom is -0.489 e. The van der Waals surface area contributed by atoms with Crippen LogP contribution >= 0.6 is 11.8 Å². The third kappa shape index (κ3) is 5.73. The first-order valence-electron chi connectivity index (χ1n) is 12.5. The summed E-state index contributed by atoms with van der Waals surface area (Å²) in [7, 11) is 0. The van der Waals surface area contributed by atoms with Crippen molar-refractivity contribution in [1.82, 2.24) is 9.88 Å². The molecule has 1 saturated heterocycles. The molecule has 0 aliphatic carbocycles. The highest BCUT2D eigenvalue weighted by molar-refractivity contribution is 8.18. The van der Waals surface area contributed by atoms with E-state index in [1.54, 1.807) is 6.08 Å². The zero-order valence-electron chi connectivity index (χ0n) is 20.9. The second-order valence-corrected chi connectivity index (χ2v) is 10.1. The predicted molar refractivity (Wildman–Crippen MR) is 154 cm³/mol. The monoisotopic (exact) mass is 532 g/mol. The summed E-state index contributed by atoms with van der Waals surface area (Å²) in [6.07, 6.45) is 3.76. The van der Waals surface area contributed by atoms with E-state index >= 15 is 0 Å². The van der Waals surface area contributed by atoms with Gasteiger partial charge in [-0.2, -0.15) is 0 Å². The first kappa shape index (κ1) is 24.6. The number of carbonyl (C=O) groups excluding carboxylic acids is 2. The van der Waals surface area contributed by atoms with E-state index in [2.05, 4.69) is 16.0 Å². The number of hydrogen-bond acceptors (Lipinski definition) is 5. The normalized spacial score (nSPS) is 14.1. The maximum Gasteiger partial charge on any atom is 0.290 e. The molecule has 7 heteroatoms. The lowest BCUT2D eigenvalue weighted by molar-refractivity contribution is -0.115. The number of rotatable bonds is 8. The van der Waals surface area contributed by atoms with E-state index in [1.165, 1.54) is 0 Å². The number of nitrogens with one attached hydrogen (secondary N) is 1. The third-order valence-electron chi connectivity index (χ3n) is 6.29. The van der Waals surface area contributed by atoms with Gasteiger partial charge in [-0.15, -0.1) is 0 Å². The van der Waals surface area contributed by atoms with E-state index in [4.69, 9.17) is 9.47 Å². The number of thioether (sulfide) groups is 1. The van der Waals surface area contributed by atoms with Crippen molar-refractivity contribution in [3.05, 3.63) is 131 Å². The number of para-hydroxylation sites is 1. The van der Waals surface area contributed by atoms with Crippen LogP contribution < -0.4 is 14.8 Å². The molecule has 0 unspecified atom stereocenters. The summed E-state index contributed by atoms with van der Waals surface area (Å²) in [5, 5.41) is 2.89. The van der Waals surface area contributed by atoms with E-state index < -0.39 is 0 Å². The van der Waals surface area contributed by atoms with Crippen LogP contribution in [0, 0.1) is 0 Å². The predicted octanol–water partition coefficient (Wildman–Crippen LogP) is 7.38. The van der Waals surface area contributed by atoms with Crippen LogP contribution in [0.15, 0.2) is 114 Å². The minimum absolute atomic E-state index is 0.364. The molecule has 6 rings (SSSR count). The van der Waals surface area contributed by atoms with Gasteiger partial charge < -0.3 is 14.0 Å². The Labute approximate surface area is 229 Å². The Morgan fingerprint density at radius 1 is 0.769 bits per heavy atom. The highest BCUT2D eigenvalue weighted by Crippen LogP contribution is 2.33. The number of benzene rings is 4. The fraction of sp³-hybridized carbons (Fsp3) is 0.0625. The van der Waals surface area contributed by atoms with Crippen molar-refractivity contribution in [3.8, 4) is 17.2 Å². The first-order chi connectivity index (χ1) is 19.1. The molecule has 4 aromatic carbocycles. The van der Waals surface area contributed by atoms with Crippen LogP contribution in [0.3, 0.4) is 0 Å². The summed E-state index contributed by atoms with van der Waals surface area (Å²) >= 11 is 0.909. The van der Waals surface area contributed by atoms with Crippen LogP contribution in [0.25, 0.3) is 17.0 Å². The van der Waals surface area contributed by atoms with Crippen LogP contribution in [-0.2, 0) is 17.9 Å². The van der Waals surface area contributed by atoms with Gasteiger partial charge in [-0.25, -0.2) is 0 Å². The van der Waals surface area contributed by atoms with Crippen LogP contribution in [0.2, 0.25) is 0 Å².